The molecule has 2 aromatic carbocycles. The molecule has 2 aromatic rings. The molecule has 0 bridgehead atoms. The molecule has 1 fully saturated rings. The quantitative estimate of drug-likeness (QED) is 0.731. The summed E-state index contributed by atoms with van der Waals surface area (Å²) in [5.41, 5.74) is 1.45. The van der Waals surface area contributed by atoms with Crippen molar-refractivity contribution in [3.63, 3.8) is 0 Å². The van der Waals surface area contributed by atoms with E-state index in [-0.39, 0.29) is 10.8 Å². The van der Waals surface area contributed by atoms with E-state index in [4.69, 9.17) is 4.74 Å². The van der Waals surface area contributed by atoms with Gasteiger partial charge in [-0.1, -0.05) is 18.2 Å². The Morgan fingerprint density at radius 2 is 1.86 bits per heavy atom. The van der Waals surface area contributed by atoms with Gasteiger partial charge in [-0.05, 0) is 24.3 Å². The van der Waals surface area contributed by atoms with E-state index in [2.05, 4.69) is 16.3 Å². The van der Waals surface area contributed by atoms with Crippen LogP contribution in [0.3, 0.4) is 0 Å². The second-order valence-corrected chi connectivity index (χ2v) is 8.92. The molecule has 1 saturated heterocycles. The number of quaternary nitrogens is 1. The van der Waals surface area contributed by atoms with Crippen LogP contribution >= 0.6 is 0 Å². The number of rotatable bonds is 6. The van der Waals surface area contributed by atoms with Gasteiger partial charge in [0.25, 0.3) is 5.91 Å². The second-order valence-electron chi connectivity index (χ2n) is 6.93. The SMILES string of the molecule is COc1cccc(N2CC[NH+](CC(=O)Nc3ccccc3S(C)(=O)=O)CC2)c1. The van der Waals surface area contributed by atoms with Crippen molar-refractivity contribution in [3.8, 4) is 5.75 Å². The first kappa shape index (κ1) is 20.2. The molecule has 0 atom stereocenters. The zero-order chi connectivity index (χ0) is 20.1. The van der Waals surface area contributed by atoms with Crippen LogP contribution in [-0.2, 0) is 14.6 Å². The number of carbonyl (C=O) groups excluding carboxylic acids is 1. The number of benzene rings is 2. The monoisotopic (exact) mass is 404 g/mol. The molecule has 7 nitrogen and oxygen atoms in total. The average Bonchev–Trinajstić information content (AvgIpc) is 2.68. The lowest BCUT2D eigenvalue weighted by Crippen LogP contribution is -3.15. The number of carbonyl (C=O) groups is 1. The highest BCUT2D eigenvalue weighted by Gasteiger charge is 2.23. The van der Waals surface area contributed by atoms with Crippen LogP contribution in [0, 0.1) is 0 Å². The van der Waals surface area contributed by atoms with Crippen molar-refractivity contribution in [2.24, 2.45) is 0 Å². The Morgan fingerprint density at radius 3 is 2.54 bits per heavy atom. The molecule has 28 heavy (non-hydrogen) atoms. The lowest BCUT2D eigenvalue weighted by molar-refractivity contribution is -0.892. The largest absolute Gasteiger partial charge is 0.497 e. The van der Waals surface area contributed by atoms with Gasteiger partial charge in [-0.25, -0.2) is 8.42 Å². The van der Waals surface area contributed by atoms with Crippen molar-refractivity contribution >= 4 is 27.1 Å². The molecule has 0 spiro atoms. The smallest absolute Gasteiger partial charge is 0.279 e. The predicted molar refractivity (Wildman–Crippen MR) is 109 cm³/mol. The fraction of sp³-hybridized carbons (Fsp3) is 0.350. The summed E-state index contributed by atoms with van der Waals surface area (Å²) < 4.78 is 29.0. The van der Waals surface area contributed by atoms with E-state index in [1.165, 1.54) is 11.0 Å². The number of sulfone groups is 1. The van der Waals surface area contributed by atoms with E-state index in [0.29, 0.717) is 12.2 Å². The number of nitrogens with zero attached hydrogens (tertiary/aromatic N) is 1. The molecular weight excluding hydrogens is 378 g/mol. The molecule has 150 valence electrons. The zero-order valence-electron chi connectivity index (χ0n) is 16.1. The molecule has 1 amide bonds. The van der Waals surface area contributed by atoms with Gasteiger partial charge in [0.15, 0.2) is 16.4 Å². The van der Waals surface area contributed by atoms with Crippen LogP contribution in [0.15, 0.2) is 53.4 Å². The van der Waals surface area contributed by atoms with Gasteiger partial charge in [0.05, 0.1) is 43.9 Å². The van der Waals surface area contributed by atoms with Crippen molar-refractivity contribution in [1.82, 2.24) is 0 Å². The molecule has 0 aliphatic carbocycles. The third kappa shape index (κ3) is 5.02. The minimum absolute atomic E-state index is 0.140. The van der Waals surface area contributed by atoms with E-state index < -0.39 is 9.84 Å². The Balaban J connectivity index is 1.56. The van der Waals surface area contributed by atoms with Gasteiger partial charge in [0.2, 0.25) is 0 Å². The van der Waals surface area contributed by atoms with Crippen LogP contribution in [0.2, 0.25) is 0 Å². The van der Waals surface area contributed by atoms with Gasteiger partial charge >= 0.3 is 0 Å². The van der Waals surface area contributed by atoms with Crippen LogP contribution in [0.4, 0.5) is 11.4 Å². The molecule has 3 rings (SSSR count). The molecule has 0 aromatic heterocycles. The highest BCUT2D eigenvalue weighted by Crippen LogP contribution is 2.21. The minimum Gasteiger partial charge on any atom is -0.497 e. The first-order valence-electron chi connectivity index (χ1n) is 9.18. The molecule has 0 radical (unpaired) electrons. The van der Waals surface area contributed by atoms with Crippen LogP contribution in [0.25, 0.3) is 0 Å². The number of hydrogen-bond donors (Lipinski definition) is 2. The van der Waals surface area contributed by atoms with Gasteiger partial charge in [0.1, 0.15) is 5.75 Å². The summed E-state index contributed by atoms with van der Waals surface area (Å²) in [6, 6.07) is 14.4. The second kappa shape index (κ2) is 8.62. The summed E-state index contributed by atoms with van der Waals surface area (Å²) in [7, 11) is -1.74. The molecule has 2 N–H and O–H groups in total. The number of para-hydroxylation sites is 1. The fourth-order valence-corrected chi connectivity index (χ4v) is 4.22. The van der Waals surface area contributed by atoms with E-state index in [1.54, 1.807) is 25.3 Å². The maximum absolute atomic E-state index is 12.4. The van der Waals surface area contributed by atoms with Crippen molar-refractivity contribution in [2.75, 3.05) is 56.3 Å². The number of hydrogen-bond acceptors (Lipinski definition) is 5. The Morgan fingerprint density at radius 1 is 1.14 bits per heavy atom. The summed E-state index contributed by atoms with van der Waals surface area (Å²) in [6.45, 7) is 3.66. The fourth-order valence-electron chi connectivity index (χ4n) is 3.38. The molecule has 8 heteroatoms. The van der Waals surface area contributed by atoms with Crippen molar-refractivity contribution in [2.45, 2.75) is 4.90 Å². The van der Waals surface area contributed by atoms with Gasteiger partial charge in [0, 0.05) is 18.0 Å². The maximum atomic E-state index is 12.4. The lowest BCUT2D eigenvalue weighted by atomic mass is 10.2. The Kier molecular flexibility index (Phi) is 6.21. The minimum atomic E-state index is -3.39. The first-order valence-corrected chi connectivity index (χ1v) is 11.1. The van der Waals surface area contributed by atoms with E-state index >= 15 is 0 Å². The molecular formula is C20H26N3O4S+. The number of methoxy groups -OCH3 is 1. The number of nitrogens with one attached hydrogen (secondary N) is 2. The lowest BCUT2D eigenvalue weighted by Gasteiger charge is -2.33. The molecule has 0 saturated carbocycles. The summed E-state index contributed by atoms with van der Waals surface area (Å²) >= 11 is 0. The highest BCUT2D eigenvalue weighted by molar-refractivity contribution is 7.90. The maximum Gasteiger partial charge on any atom is 0.279 e. The number of amides is 1. The van der Waals surface area contributed by atoms with E-state index in [0.717, 1.165) is 43.9 Å². The van der Waals surface area contributed by atoms with E-state index in [1.807, 2.05) is 18.2 Å². The van der Waals surface area contributed by atoms with Crippen LogP contribution in [-0.4, -0.2) is 60.4 Å². The predicted octanol–water partition coefficient (Wildman–Crippen LogP) is 0.442. The van der Waals surface area contributed by atoms with Crippen molar-refractivity contribution < 1.29 is 22.8 Å². The highest BCUT2D eigenvalue weighted by atomic mass is 32.2. The third-order valence-electron chi connectivity index (χ3n) is 4.86. The number of anilines is 2. The Bertz CT molecular complexity index is 938. The standard InChI is InChI=1S/C20H25N3O4S/c1-27-17-7-5-6-16(14-17)23-12-10-22(11-13-23)15-20(24)21-18-8-3-4-9-19(18)28(2,25)26/h3-9,14H,10-13,15H2,1-2H3,(H,21,24)/p+1. The summed E-state index contributed by atoms with van der Waals surface area (Å²) in [5.74, 6) is 0.650. The summed E-state index contributed by atoms with van der Waals surface area (Å²) in [6.07, 6.45) is 1.14. The summed E-state index contributed by atoms with van der Waals surface area (Å²) in [4.78, 5) is 16.0. The topological polar surface area (TPSA) is 80.2 Å². The molecule has 1 aliphatic rings. The normalized spacial score (nSPS) is 15.3. The van der Waals surface area contributed by atoms with Gasteiger partial charge in [-0.2, -0.15) is 0 Å². The number of ether oxygens (including phenoxy) is 1. The third-order valence-corrected chi connectivity index (χ3v) is 6.02. The van der Waals surface area contributed by atoms with Gasteiger partial charge in [-0.3, -0.25) is 4.79 Å². The van der Waals surface area contributed by atoms with Crippen LogP contribution in [0.1, 0.15) is 0 Å². The molecule has 1 heterocycles. The number of piperazine rings is 1. The van der Waals surface area contributed by atoms with Crippen LogP contribution in [0.5, 0.6) is 5.75 Å². The summed E-state index contributed by atoms with van der Waals surface area (Å²) in [5, 5.41) is 2.75. The molecule has 1 aliphatic heterocycles. The Labute approximate surface area is 165 Å². The van der Waals surface area contributed by atoms with Crippen molar-refractivity contribution in [3.05, 3.63) is 48.5 Å². The zero-order valence-corrected chi connectivity index (χ0v) is 17.0. The van der Waals surface area contributed by atoms with Gasteiger partial charge in [-0.15, -0.1) is 0 Å². The van der Waals surface area contributed by atoms with Gasteiger partial charge < -0.3 is 19.9 Å². The van der Waals surface area contributed by atoms with E-state index in [9.17, 15) is 13.2 Å². The molecule has 0 unspecified atom stereocenters. The average molecular weight is 405 g/mol. The van der Waals surface area contributed by atoms with Crippen molar-refractivity contribution in [1.29, 1.82) is 0 Å². The first-order chi connectivity index (χ1) is 13.4. The van der Waals surface area contributed by atoms with Crippen LogP contribution < -0.4 is 19.9 Å². The Hall–Kier alpha value is -2.58.